The largest absolute Gasteiger partial charge is 0.391 e. The second-order valence-corrected chi connectivity index (χ2v) is 3.32. The van der Waals surface area contributed by atoms with Gasteiger partial charge in [0.15, 0.2) is 0 Å². The summed E-state index contributed by atoms with van der Waals surface area (Å²) in [7, 11) is 1.52. The summed E-state index contributed by atoms with van der Waals surface area (Å²) in [6, 6.07) is -0.554. The molecule has 0 aliphatic rings. The van der Waals surface area contributed by atoms with E-state index in [0.29, 0.717) is 19.4 Å². The number of carbonyl (C=O) groups excluding carboxylic acids is 1. The summed E-state index contributed by atoms with van der Waals surface area (Å²) in [5.41, 5.74) is 5.53. The fourth-order valence-corrected chi connectivity index (χ4v) is 1.06. The van der Waals surface area contributed by atoms with Gasteiger partial charge in [0, 0.05) is 13.7 Å². The SMILES string of the molecule is C=CCC(N)C(=O)NCCC(O)COC. The summed E-state index contributed by atoms with van der Waals surface area (Å²) in [6.07, 6.45) is 1.96. The van der Waals surface area contributed by atoms with Crippen LogP contribution >= 0.6 is 0 Å². The zero-order valence-electron chi connectivity index (χ0n) is 9.11. The molecule has 0 aromatic carbocycles. The first-order chi connectivity index (χ1) is 7.11. The quantitative estimate of drug-likeness (QED) is 0.473. The minimum absolute atomic E-state index is 0.223. The van der Waals surface area contributed by atoms with Crippen molar-refractivity contribution in [2.75, 3.05) is 20.3 Å². The maximum atomic E-state index is 11.3. The molecule has 88 valence electrons. The van der Waals surface area contributed by atoms with E-state index in [9.17, 15) is 9.90 Å². The van der Waals surface area contributed by atoms with Crippen LogP contribution in [0.25, 0.3) is 0 Å². The molecule has 2 atom stereocenters. The highest BCUT2D eigenvalue weighted by atomic mass is 16.5. The topological polar surface area (TPSA) is 84.6 Å². The number of nitrogens with one attached hydrogen (secondary N) is 1. The Morgan fingerprint density at radius 3 is 2.93 bits per heavy atom. The standard InChI is InChI=1S/C10H20N2O3/c1-3-4-9(11)10(14)12-6-5-8(13)7-15-2/h3,8-9,13H,1,4-7,11H2,2H3,(H,12,14). The van der Waals surface area contributed by atoms with Gasteiger partial charge in [0.05, 0.1) is 18.8 Å². The Labute approximate surface area is 90.3 Å². The molecular weight excluding hydrogens is 196 g/mol. The molecular formula is C10H20N2O3. The molecule has 0 aliphatic carbocycles. The molecule has 0 saturated carbocycles. The van der Waals surface area contributed by atoms with Gasteiger partial charge in [-0.25, -0.2) is 0 Å². The van der Waals surface area contributed by atoms with Crippen LogP contribution in [0.15, 0.2) is 12.7 Å². The van der Waals surface area contributed by atoms with Crippen LogP contribution in [0.4, 0.5) is 0 Å². The van der Waals surface area contributed by atoms with Crippen LogP contribution in [0.3, 0.4) is 0 Å². The van der Waals surface area contributed by atoms with Crippen molar-refractivity contribution in [3.63, 3.8) is 0 Å². The van der Waals surface area contributed by atoms with E-state index >= 15 is 0 Å². The number of amides is 1. The monoisotopic (exact) mass is 216 g/mol. The van der Waals surface area contributed by atoms with Crippen molar-refractivity contribution < 1.29 is 14.6 Å². The Hall–Kier alpha value is -0.910. The number of hydrogen-bond donors (Lipinski definition) is 3. The van der Waals surface area contributed by atoms with Gasteiger partial charge in [-0.1, -0.05) is 6.08 Å². The van der Waals surface area contributed by atoms with E-state index in [1.54, 1.807) is 6.08 Å². The van der Waals surface area contributed by atoms with Gasteiger partial charge in [0.1, 0.15) is 0 Å². The molecule has 0 heterocycles. The summed E-state index contributed by atoms with van der Waals surface area (Å²) in [5.74, 6) is -0.223. The zero-order chi connectivity index (χ0) is 11.7. The number of aliphatic hydroxyl groups is 1. The van der Waals surface area contributed by atoms with Crippen LogP contribution in [0.2, 0.25) is 0 Å². The molecule has 0 aliphatic heterocycles. The first-order valence-electron chi connectivity index (χ1n) is 4.93. The molecule has 0 radical (unpaired) electrons. The fourth-order valence-electron chi connectivity index (χ4n) is 1.06. The van der Waals surface area contributed by atoms with Gasteiger partial charge in [0.25, 0.3) is 0 Å². The second-order valence-electron chi connectivity index (χ2n) is 3.32. The summed E-state index contributed by atoms with van der Waals surface area (Å²) in [5, 5.41) is 11.9. The van der Waals surface area contributed by atoms with Gasteiger partial charge < -0.3 is 20.9 Å². The number of rotatable bonds is 8. The molecule has 2 unspecified atom stereocenters. The minimum atomic E-state index is -0.554. The number of carbonyl (C=O) groups is 1. The van der Waals surface area contributed by atoms with Gasteiger partial charge in [-0.2, -0.15) is 0 Å². The van der Waals surface area contributed by atoms with E-state index < -0.39 is 12.1 Å². The van der Waals surface area contributed by atoms with Crippen LogP contribution in [0.5, 0.6) is 0 Å². The van der Waals surface area contributed by atoms with Crippen LogP contribution in [-0.4, -0.2) is 43.4 Å². The Morgan fingerprint density at radius 1 is 1.73 bits per heavy atom. The molecule has 0 aromatic heterocycles. The van der Waals surface area contributed by atoms with Crippen molar-refractivity contribution in [3.05, 3.63) is 12.7 Å². The van der Waals surface area contributed by atoms with Crippen molar-refractivity contribution in [1.82, 2.24) is 5.32 Å². The third-order valence-electron chi connectivity index (χ3n) is 1.89. The van der Waals surface area contributed by atoms with Crippen LogP contribution < -0.4 is 11.1 Å². The molecule has 5 heteroatoms. The molecule has 15 heavy (non-hydrogen) atoms. The van der Waals surface area contributed by atoms with E-state index in [2.05, 4.69) is 11.9 Å². The average Bonchev–Trinajstić information content (AvgIpc) is 2.18. The van der Waals surface area contributed by atoms with Gasteiger partial charge in [-0.3, -0.25) is 4.79 Å². The lowest BCUT2D eigenvalue weighted by Gasteiger charge is -2.12. The van der Waals surface area contributed by atoms with Gasteiger partial charge in [-0.15, -0.1) is 6.58 Å². The molecule has 0 spiro atoms. The van der Waals surface area contributed by atoms with Crippen molar-refractivity contribution in [1.29, 1.82) is 0 Å². The Morgan fingerprint density at radius 2 is 2.40 bits per heavy atom. The van der Waals surface area contributed by atoms with E-state index in [1.807, 2.05) is 0 Å². The average molecular weight is 216 g/mol. The first kappa shape index (κ1) is 14.1. The molecule has 0 rings (SSSR count). The molecule has 0 saturated heterocycles. The minimum Gasteiger partial charge on any atom is -0.391 e. The maximum absolute atomic E-state index is 11.3. The number of ether oxygens (including phenoxy) is 1. The fraction of sp³-hybridized carbons (Fsp3) is 0.700. The van der Waals surface area contributed by atoms with Crippen molar-refractivity contribution in [2.45, 2.75) is 25.0 Å². The molecule has 4 N–H and O–H groups in total. The first-order valence-corrected chi connectivity index (χ1v) is 4.93. The highest BCUT2D eigenvalue weighted by Crippen LogP contribution is 1.92. The highest BCUT2D eigenvalue weighted by molar-refractivity contribution is 5.81. The van der Waals surface area contributed by atoms with Gasteiger partial charge >= 0.3 is 0 Å². The summed E-state index contributed by atoms with van der Waals surface area (Å²) >= 11 is 0. The van der Waals surface area contributed by atoms with Crippen molar-refractivity contribution >= 4 is 5.91 Å². The lowest BCUT2D eigenvalue weighted by Crippen LogP contribution is -2.41. The molecule has 0 aromatic rings. The smallest absolute Gasteiger partial charge is 0.237 e. The predicted octanol–water partition coefficient (Wildman–Crippen LogP) is -0.597. The third kappa shape index (κ3) is 7.07. The molecule has 0 bridgehead atoms. The molecule has 0 fully saturated rings. The molecule has 1 amide bonds. The van der Waals surface area contributed by atoms with Crippen LogP contribution in [0, 0.1) is 0 Å². The number of methoxy groups -OCH3 is 1. The van der Waals surface area contributed by atoms with Gasteiger partial charge in [-0.05, 0) is 12.8 Å². The third-order valence-corrected chi connectivity index (χ3v) is 1.89. The predicted molar refractivity (Wildman–Crippen MR) is 58.3 cm³/mol. The molecule has 5 nitrogen and oxygen atoms in total. The Balaban J connectivity index is 3.58. The van der Waals surface area contributed by atoms with Crippen LogP contribution in [0.1, 0.15) is 12.8 Å². The Bertz CT molecular complexity index is 197. The second kappa shape index (κ2) is 8.40. The van der Waals surface area contributed by atoms with E-state index in [1.165, 1.54) is 7.11 Å². The Kier molecular flexibility index (Phi) is 7.89. The van der Waals surface area contributed by atoms with E-state index in [4.69, 9.17) is 10.5 Å². The summed E-state index contributed by atoms with van der Waals surface area (Å²) in [4.78, 5) is 11.3. The highest BCUT2D eigenvalue weighted by Gasteiger charge is 2.11. The number of hydrogen-bond acceptors (Lipinski definition) is 4. The van der Waals surface area contributed by atoms with Gasteiger partial charge in [0.2, 0.25) is 5.91 Å². The lowest BCUT2D eigenvalue weighted by molar-refractivity contribution is -0.122. The maximum Gasteiger partial charge on any atom is 0.237 e. The van der Waals surface area contributed by atoms with Crippen LogP contribution in [-0.2, 0) is 9.53 Å². The van der Waals surface area contributed by atoms with E-state index in [-0.39, 0.29) is 12.5 Å². The lowest BCUT2D eigenvalue weighted by atomic mass is 10.2. The zero-order valence-corrected chi connectivity index (χ0v) is 9.11. The van der Waals surface area contributed by atoms with Crippen molar-refractivity contribution in [3.8, 4) is 0 Å². The number of aliphatic hydroxyl groups excluding tert-OH is 1. The summed E-state index contributed by atoms with van der Waals surface area (Å²) < 4.78 is 4.75. The van der Waals surface area contributed by atoms with Crippen molar-refractivity contribution in [2.24, 2.45) is 5.73 Å². The number of nitrogens with two attached hydrogens (primary N) is 1. The van der Waals surface area contributed by atoms with E-state index in [0.717, 1.165) is 0 Å². The normalized spacial score (nSPS) is 14.3. The summed E-state index contributed by atoms with van der Waals surface area (Å²) in [6.45, 7) is 4.17.